The number of fused-ring (bicyclic) bond motifs is 2. The topological polar surface area (TPSA) is 45.2 Å². The van der Waals surface area contributed by atoms with Crippen LogP contribution in [-0.2, 0) is 17.5 Å². The largest absolute Gasteiger partial charge is 0.434 e. The third kappa shape index (κ3) is 4.61. The number of nitrogens with zero attached hydrogens (tertiary/aromatic N) is 2. The summed E-state index contributed by atoms with van der Waals surface area (Å²) in [7, 11) is 1.63. The van der Waals surface area contributed by atoms with Crippen LogP contribution in [-0.4, -0.2) is 34.9 Å². The van der Waals surface area contributed by atoms with Crippen LogP contribution >= 0.6 is 23.7 Å². The van der Waals surface area contributed by atoms with Crippen molar-refractivity contribution in [2.45, 2.75) is 56.9 Å². The molecule has 136 valence electrons. The predicted octanol–water partition coefficient (Wildman–Crippen LogP) is 3.46. The number of carbonyl (C=O) groups excluding carboxylic acids is 1. The molecule has 0 radical (unpaired) electrons. The maximum absolute atomic E-state index is 12.5. The standard InChI is InChI=1S/C15H20F3N3OS.ClH/c1-21(7-13-20-12(8-23-13)15(16,17)18)14(22)6-9-4-10-2-3-11(5-9)19-10;/h8-11,19H,2-7H2,1H3;1H. The third-order valence-corrected chi connectivity index (χ3v) is 5.51. The molecule has 24 heavy (non-hydrogen) atoms. The second-order valence-electron chi connectivity index (χ2n) is 6.55. The molecule has 1 N–H and O–H groups in total. The predicted molar refractivity (Wildman–Crippen MR) is 88.1 cm³/mol. The number of thiazole rings is 1. The molecule has 1 amide bonds. The van der Waals surface area contributed by atoms with Gasteiger partial charge in [0.25, 0.3) is 0 Å². The average molecular weight is 384 g/mol. The molecule has 1 aromatic heterocycles. The highest BCUT2D eigenvalue weighted by Gasteiger charge is 2.35. The summed E-state index contributed by atoms with van der Waals surface area (Å²) in [5.74, 6) is 0.366. The Labute approximate surface area is 149 Å². The molecule has 2 aliphatic heterocycles. The molecule has 2 aliphatic rings. The molecular formula is C15H21ClF3N3OS. The summed E-state index contributed by atoms with van der Waals surface area (Å²) in [6.07, 6.45) is 0.459. The van der Waals surface area contributed by atoms with Crippen LogP contribution in [0, 0.1) is 5.92 Å². The summed E-state index contributed by atoms with van der Waals surface area (Å²) >= 11 is 0.944. The number of rotatable bonds is 4. The molecule has 0 aromatic carbocycles. The van der Waals surface area contributed by atoms with Crippen molar-refractivity contribution in [3.8, 4) is 0 Å². The number of amides is 1. The third-order valence-electron chi connectivity index (χ3n) is 4.67. The first-order valence-electron chi connectivity index (χ1n) is 7.83. The summed E-state index contributed by atoms with van der Waals surface area (Å²) in [5.41, 5.74) is -0.881. The molecule has 3 rings (SSSR count). The Morgan fingerprint density at radius 3 is 2.54 bits per heavy atom. The zero-order chi connectivity index (χ0) is 16.6. The molecule has 2 unspecified atom stereocenters. The van der Waals surface area contributed by atoms with E-state index in [4.69, 9.17) is 0 Å². The van der Waals surface area contributed by atoms with Gasteiger partial charge < -0.3 is 10.2 Å². The number of hydrogen-bond donors (Lipinski definition) is 1. The van der Waals surface area contributed by atoms with Crippen LogP contribution in [0.3, 0.4) is 0 Å². The molecule has 0 aliphatic carbocycles. The Bertz CT molecular complexity index is 569. The SMILES string of the molecule is CN(Cc1nc(C(F)(F)F)cs1)C(=O)CC1CC2CCC(C1)N2.Cl. The minimum atomic E-state index is -4.42. The molecule has 2 saturated heterocycles. The van der Waals surface area contributed by atoms with Crippen molar-refractivity contribution in [1.82, 2.24) is 15.2 Å². The van der Waals surface area contributed by atoms with Crippen molar-refractivity contribution in [3.05, 3.63) is 16.1 Å². The van der Waals surface area contributed by atoms with Gasteiger partial charge in [-0.05, 0) is 31.6 Å². The van der Waals surface area contributed by atoms with Crippen LogP contribution in [0.2, 0.25) is 0 Å². The fourth-order valence-corrected chi connectivity index (χ4v) is 4.40. The molecule has 0 spiro atoms. The molecular weight excluding hydrogens is 363 g/mol. The van der Waals surface area contributed by atoms with Crippen molar-refractivity contribution < 1.29 is 18.0 Å². The first kappa shape index (κ1) is 19.5. The van der Waals surface area contributed by atoms with Crippen molar-refractivity contribution >= 4 is 29.7 Å². The van der Waals surface area contributed by atoms with Crippen LogP contribution in [0.4, 0.5) is 13.2 Å². The van der Waals surface area contributed by atoms with E-state index in [2.05, 4.69) is 10.3 Å². The number of aromatic nitrogens is 1. The molecule has 2 atom stereocenters. The summed E-state index contributed by atoms with van der Waals surface area (Å²) in [5, 5.41) is 4.86. The quantitative estimate of drug-likeness (QED) is 0.866. The van der Waals surface area contributed by atoms with Crippen LogP contribution in [0.15, 0.2) is 5.38 Å². The van der Waals surface area contributed by atoms with Gasteiger partial charge in [0.2, 0.25) is 5.91 Å². The lowest BCUT2D eigenvalue weighted by atomic mass is 9.89. The van der Waals surface area contributed by atoms with E-state index in [1.165, 1.54) is 17.7 Å². The van der Waals surface area contributed by atoms with Gasteiger partial charge in [-0.3, -0.25) is 4.79 Å². The van der Waals surface area contributed by atoms with E-state index < -0.39 is 11.9 Å². The van der Waals surface area contributed by atoms with Crippen molar-refractivity contribution in [2.75, 3.05) is 7.05 Å². The van der Waals surface area contributed by atoms with Gasteiger partial charge in [-0.2, -0.15) is 13.2 Å². The number of halogens is 4. The van der Waals surface area contributed by atoms with Gasteiger partial charge in [-0.15, -0.1) is 23.7 Å². The van der Waals surface area contributed by atoms with Crippen LogP contribution in [0.1, 0.15) is 42.8 Å². The van der Waals surface area contributed by atoms with Crippen molar-refractivity contribution in [2.24, 2.45) is 5.92 Å². The van der Waals surface area contributed by atoms with Crippen LogP contribution < -0.4 is 5.32 Å². The highest BCUT2D eigenvalue weighted by molar-refractivity contribution is 7.09. The number of alkyl halides is 3. The number of nitrogens with one attached hydrogen (secondary N) is 1. The monoisotopic (exact) mass is 383 g/mol. The van der Waals surface area contributed by atoms with E-state index >= 15 is 0 Å². The molecule has 4 nitrogen and oxygen atoms in total. The van der Waals surface area contributed by atoms with Crippen LogP contribution in [0.25, 0.3) is 0 Å². The van der Waals surface area contributed by atoms with Gasteiger partial charge in [0.1, 0.15) is 5.01 Å². The molecule has 9 heteroatoms. The van der Waals surface area contributed by atoms with E-state index in [0.717, 1.165) is 29.6 Å². The first-order valence-corrected chi connectivity index (χ1v) is 8.71. The summed E-state index contributed by atoms with van der Waals surface area (Å²) in [4.78, 5) is 17.4. The Hall–Kier alpha value is -0.860. The van der Waals surface area contributed by atoms with Crippen LogP contribution in [0.5, 0.6) is 0 Å². The lowest BCUT2D eigenvalue weighted by molar-refractivity contribution is -0.140. The van der Waals surface area contributed by atoms with Gasteiger partial charge in [0.15, 0.2) is 5.69 Å². The zero-order valence-electron chi connectivity index (χ0n) is 13.3. The minimum absolute atomic E-state index is 0. The van der Waals surface area contributed by atoms with E-state index in [-0.39, 0.29) is 24.9 Å². The van der Waals surface area contributed by atoms with E-state index in [9.17, 15) is 18.0 Å². The summed E-state index contributed by atoms with van der Waals surface area (Å²) in [6.45, 7) is 0.136. The highest BCUT2D eigenvalue weighted by Crippen LogP contribution is 2.33. The lowest BCUT2D eigenvalue weighted by Gasteiger charge is -2.29. The number of piperidine rings is 1. The lowest BCUT2D eigenvalue weighted by Crippen LogP contribution is -2.39. The van der Waals surface area contributed by atoms with Crippen molar-refractivity contribution in [3.63, 3.8) is 0 Å². The zero-order valence-corrected chi connectivity index (χ0v) is 14.9. The Morgan fingerprint density at radius 2 is 2.00 bits per heavy atom. The first-order chi connectivity index (χ1) is 10.8. The van der Waals surface area contributed by atoms with Crippen molar-refractivity contribution in [1.29, 1.82) is 0 Å². The highest BCUT2D eigenvalue weighted by atomic mass is 35.5. The number of carbonyl (C=O) groups is 1. The minimum Gasteiger partial charge on any atom is -0.339 e. The molecule has 1 aromatic rings. The smallest absolute Gasteiger partial charge is 0.339 e. The second-order valence-corrected chi connectivity index (χ2v) is 7.50. The molecule has 0 saturated carbocycles. The summed E-state index contributed by atoms with van der Waals surface area (Å²) < 4.78 is 37.6. The number of hydrogen-bond acceptors (Lipinski definition) is 4. The molecule has 2 fully saturated rings. The van der Waals surface area contributed by atoms with Gasteiger partial charge in [-0.25, -0.2) is 4.98 Å². The van der Waals surface area contributed by atoms with Gasteiger partial charge in [0.05, 0.1) is 6.54 Å². The van der Waals surface area contributed by atoms with Gasteiger partial charge >= 0.3 is 6.18 Å². The van der Waals surface area contributed by atoms with Gasteiger partial charge in [0, 0.05) is 30.9 Å². The Morgan fingerprint density at radius 1 is 1.38 bits per heavy atom. The Kier molecular flexibility index (Phi) is 6.14. The fourth-order valence-electron chi connectivity index (χ4n) is 3.55. The average Bonchev–Trinajstić information content (AvgIpc) is 3.05. The van der Waals surface area contributed by atoms with E-state index in [1.807, 2.05) is 0 Å². The summed E-state index contributed by atoms with van der Waals surface area (Å²) in [6, 6.07) is 1.07. The van der Waals surface area contributed by atoms with Gasteiger partial charge in [-0.1, -0.05) is 0 Å². The van der Waals surface area contributed by atoms with E-state index in [0.29, 0.717) is 29.4 Å². The maximum atomic E-state index is 12.5. The Balaban J connectivity index is 0.00000208. The van der Waals surface area contributed by atoms with E-state index in [1.54, 1.807) is 7.05 Å². The molecule has 3 heterocycles. The fraction of sp³-hybridized carbons (Fsp3) is 0.733. The second kappa shape index (κ2) is 7.58. The normalized spacial score (nSPS) is 26.1. The molecule has 2 bridgehead atoms. The maximum Gasteiger partial charge on any atom is 0.434 e.